The van der Waals surface area contributed by atoms with Crippen molar-refractivity contribution >= 4 is 51.8 Å². The molecule has 2 aromatic rings. The highest BCUT2D eigenvalue weighted by atomic mass is 127. The fraction of sp³-hybridized carbons (Fsp3) is 0.364. The molecule has 0 saturated heterocycles. The van der Waals surface area contributed by atoms with Gasteiger partial charge in [-0.15, -0.1) is 24.0 Å². The maximum atomic E-state index is 12.0. The Bertz CT molecular complexity index is 835. The fourth-order valence-corrected chi connectivity index (χ4v) is 3.15. The van der Waals surface area contributed by atoms with E-state index in [1.807, 2.05) is 30.3 Å². The van der Waals surface area contributed by atoms with E-state index in [2.05, 4.69) is 63.6 Å². The molecule has 7 heteroatoms. The monoisotopic (exact) mass is 572 g/mol. The lowest BCUT2D eigenvalue weighted by molar-refractivity contribution is 0.0827. The molecule has 0 saturated carbocycles. The van der Waals surface area contributed by atoms with Gasteiger partial charge in [-0.25, -0.2) is 0 Å². The highest BCUT2D eigenvalue weighted by molar-refractivity contribution is 14.0. The second-order valence-electron chi connectivity index (χ2n) is 7.57. The van der Waals surface area contributed by atoms with E-state index in [0.717, 1.165) is 22.5 Å². The molecule has 29 heavy (non-hydrogen) atoms. The van der Waals surface area contributed by atoms with Crippen LogP contribution in [0.2, 0.25) is 0 Å². The molecular weight excluding hydrogens is 543 g/mol. The first kappa shape index (κ1) is 25.4. The van der Waals surface area contributed by atoms with E-state index < -0.39 is 0 Å². The average molecular weight is 573 g/mol. The van der Waals surface area contributed by atoms with Crippen LogP contribution < -0.4 is 10.6 Å². The van der Waals surface area contributed by atoms with Gasteiger partial charge in [0.15, 0.2) is 5.96 Å². The van der Waals surface area contributed by atoms with Crippen LogP contribution in [0.1, 0.15) is 35.3 Å². The van der Waals surface area contributed by atoms with Crippen LogP contribution in [0.25, 0.3) is 0 Å². The van der Waals surface area contributed by atoms with Crippen LogP contribution in [0, 0.1) is 0 Å². The summed E-state index contributed by atoms with van der Waals surface area (Å²) in [6.07, 6.45) is 0. The van der Waals surface area contributed by atoms with Crippen molar-refractivity contribution in [2.24, 2.45) is 4.99 Å². The Kier molecular flexibility index (Phi) is 10.1. The summed E-state index contributed by atoms with van der Waals surface area (Å²) in [6, 6.07) is 16.0. The van der Waals surface area contributed by atoms with E-state index in [-0.39, 0.29) is 35.3 Å². The lowest BCUT2D eigenvalue weighted by Crippen LogP contribution is -2.43. The van der Waals surface area contributed by atoms with Crippen molar-refractivity contribution in [3.05, 3.63) is 69.7 Å². The summed E-state index contributed by atoms with van der Waals surface area (Å²) in [5.74, 6) is 0.753. The smallest absolute Gasteiger partial charge is 0.253 e. The lowest BCUT2D eigenvalue weighted by atomic mass is 9.85. The summed E-state index contributed by atoms with van der Waals surface area (Å²) in [5.41, 5.74) is 2.98. The van der Waals surface area contributed by atoms with Gasteiger partial charge in [-0.05, 0) is 35.4 Å². The van der Waals surface area contributed by atoms with Crippen LogP contribution in [0.5, 0.6) is 0 Å². The van der Waals surface area contributed by atoms with Gasteiger partial charge in [0.2, 0.25) is 0 Å². The van der Waals surface area contributed by atoms with E-state index in [1.165, 1.54) is 5.56 Å². The molecule has 0 fully saturated rings. The third kappa shape index (κ3) is 7.62. The molecule has 0 aliphatic rings. The molecule has 0 aliphatic carbocycles. The largest absolute Gasteiger partial charge is 0.356 e. The number of guanidine groups is 1. The summed E-state index contributed by atoms with van der Waals surface area (Å²) in [7, 11) is 5.27. The van der Waals surface area contributed by atoms with Gasteiger partial charge in [-0.2, -0.15) is 0 Å². The van der Waals surface area contributed by atoms with E-state index in [4.69, 9.17) is 0 Å². The second kappa shape index (κ2) is 11.5. The predicted molar refractivity (Wildman–Crippen MR) is 135 cm³/mol. The van der Waals surface area contributed by atoms with Crippen molar-refractivity contribution < 1.29 is 4.79 Å². The molecule has 0 spiro atoms. The normalized spacial score (nSPS) is 11.4. The Morgan fingerprint density at radius 3 is 2.31 bits per heavy atom. The molecule has 0 radical (unpaired) electrons. The third-order valence-corrected chi connectivity index (χ3v) is 5.09. The molecule has 2 N–H and O–H groups in total. The number of benzene rings is 2. The number of amides is 1. The maximum Gasteiger partial charge on any atom is 0.253 e. The van der Waals surface area contributed by atoms with E-state index in [9.17, 15) is 4.79 Å². The molecule has 0 heterocycles. The quantitative estimate of drug-likeness (QED) is 0.306. The molecule has 0 unspecified atom stereocenters. The third-order valence-electron chi connectivity index (χ3n) is 4.59. The molecule has 0 bridgehead atoms. The first-order valence-corrected chi connectivity index (χ1v) is 10.0. The zero-order chi connectivity index (χ0) is 20.7. The highest BCUT2D eigenvalue weighted by Crippen LogP contribution is 2.25. The van der Waals surface area contributed by atoms with Gasteiger partial charge in [0, 0.05) is 49.7 Å². The van der Waals surface area contributed by atoms with Gasteiger partial charge < -0.3 is 15.5 Å². The van der Waals surface area contributed by atoms with Crippen molar-refractivity contribution in [3.8, 4) is 0 Å². The Morgan fingerprint density at radius 1 is 1.10 bits per heavy atom. The van der Waals surface area contributed by atoms with Crippen LogP contribution in [0.3, 0.4) is 0 Å². The number of hydrogen-bond donors (Lipinski definition) is 2. The van der Waals surface area contributed by atoms with E-state index >= 15 is 0 Å². The van der Waals surface area contributed by atoms with E-state index in [1.54, 1.807) is 26.0 Å². The fourth-order valence-electron chi connectivity index (χ4n) is 2.75. The molecule has 0 aromatic heterocycles. The Labute approximate surface area is 199 Å². The maximum absolute atomic E-state index is 12.0. The van der Waals surface area contributed by atoms with Crippen molar-refractivity contribution in [1.29, 1.82) is 0 Å². The minimum absolute atomic E-state index is 0. The number of hydrogen-bond acceptors (Lipinski definition) is 2. The number of nitrogens with one attached hydrogen (secondary N) is 2. The molecule has 5 nitrogen and oxygen atoms in total. The van der Waals surface area contributed by atoms with Gasteiger partial charge >= 0.3 is 0 Å². The number of carbonyl (C=O) groups is 1. The van der Waals surface area contributed by atoms with Gasteiger partial charge in [0.1, 0.15) is 0 Å². The van der Waals surface area contributed by atoms with Crippen molar-refractivity contribution in [2.75, 3.05) is 27.7 Å². The number of rotatable bonds is 6. The highest BCUT2D eigenvalue weighted by Gasteiger charge is 2.21. The van der Waals surface area contributed by atoms with Gasteiger partial charge in [0.25, 0.3) is 5.91 Å². The topological polar surface area (TPSA) is 56.7 Å². The second-order valence-corrected chi connectivity index (χ2v) is 8.49. The minimum Gasteiger partial charge on any atom is -0.356 e. The first-order chi connectivity index (χ1) is 13.2. The summed E-state index contributed by atoms with van der Waals surface area (Å²) in [4.78, 5) is 17.8. The molecule has 2 rings (SSSR count). The Morgan fingerprint density at radius 2 is 1.76 bits per heavy atom. The molecule has 0 aliphatic heterocycles. The average Bonchev–Trinajstić information content (AvgIpc) is 2.68. The SMILES string of the molecule is CN=C(NCc1ccc(C(=O)N(C)C)cc1)NCC(C)(C)c1cccc(Br)c1.I. The van der Waals surface area contributed by atoms with E-state index in [0.29, 0.717) is 12.1 Å². The number of carbonyl (C=O) groups excluding carboxylic acids is 1. The first-order valence-electron chi connectivity index (χ1n) is 9.24. The summed E-state index contributed by atoms with van der Waals surface area (Å²) < 4.78 is 1.08. The predicted octanol–water partition coefficient (Wildman–Crippen LogP) is 4.41. The summed E-state index contributed by atoms with van der Waals surface area (Å²) >= 11 is 3.54. The van der Waals surface area contributed by atoms with Crippen LogP contribution in [-0.4, -0.2) is 44.5 Å². The van der Waals surface area contributed by atoms with Crippen molar-refractivity contribution in [1.82, 2.24) is 15.5 Å². The van der Waals surface area contributed by atoms with Gasteiger partial charge in [-0.3, -0.25) is 9.79 Å². The van der Waals surface area contributed by atoms with Gasteiger partial charge in [-0.1, -0.05) is 54.0 Å². The standard InChI is InChI=1S/C22H29BrN4O.HI/c1-22(2,18-7-6-8-19(23)13-18)15-26-21(24-3)25-14-16-9-11-17(12-10-16)20(28)27(4)5;/h6-13H,14-15H2,1-5H3,(H2,24,25,26);1H. The molecule has 1 amide bonds. The van der Waals surface area contributed by atoms with Crippen molar-refractivity contribution in [2.45, 2.75) is 25.8 Å². The van der Waals surface area contributed by atoms with Crippen LogP contribution >= 0.6 is 39.9 Å². The minimum atomic E-state index is -0.0460. The number of aliphatic imine (C=N–C) groups is 1. The zero-order valence-electron chi connectivity index (χ0n) is 17.6. The molecule has 2 aromatic carbocycles. The Hall–Kier alpha value is -1.61. The molecule has 0 atom stereocenters. The van der Waals surface area contributed by atoms with Crippen LogP contribution in [0.15, 0.2) is 58.0 Å². The zero-order valence-corrected chi connectivity index (χ0v) is 21.5. The molecular formula is C22H30BrIN4O. The van der Waals surface area contributed by atoms with Crippen molar-refractivity contribution in [3.63, 3.8) is 0 Å². The lowest BCUT2D eigenvalue weighted by Gasteiger charge is -2.27. The Balaban J connectivity index is 0.00000420. The van der Waals surface area contributed by atoms with Crippen LogP contribution in [-0.2, 0) is 12.0 Å². The van der Waals surface area contributed by atoms with Gasteiger partial charge in [0.05, 0.1) is 0 Å². The van der Waals surface area contributed by atoms with Crippen LogP contribution in [0.4, 0.5) is 0 Å². The summed E-state index contributed by atoms with van der Waals surface area (Å²) in [6.45, 7) is 5.79. The number of nitrogens with zero attached hydrogens (tertiary/aromatic N) is 2. The molecule has 158 valence electrons. The summed E-state index contributed by atoms with van der Waals surface area (Å²) in [5, 5.41) is 6.73. The number of halogens is 2.